The van der Waals surface area contributed by atoms with Crippen molar-refractivity contribution >= 4 is 57.3 Å². The average molecular weight is 953 g/mol. The van der Waals surface area contributed by atoms with Crippen LogP contribution in [0.4, 0.5) is 5.69 Å². The fraction of sp³-hybridized carbons (Fsp3) is 0.463. The van der Waals surface area contributed by atoms with Gasteiger partial charge in [0.25, 0.3) is 0 Å². The van der Waals surface area contributed by atoms with Crippen LogP contribution in [-0.4, -0.2) is 105 Å². The number of nitrogens with one attached hydrogen (secondary N) is 3. The summed E-state index contributed by atoms with van der Waals surface area (Å²) in [7, 11) is 0. The van der Waals surface area contributed by atoms with Gasteiger partial charge in [0.05, 0.1) is 39.4 Å². The van der Waals surface area contributed by atoms with Gasteiger partial charge >= 0.3 is 0 Å². The van der Waals surface area contributed by atoms with E-state index in [1.165, 1.54) is 4.90 Å². The number of hydrogen-bond acceptors (Lipinski definition) is 10. The van der Waals surface area contributed by atoms with E-state index in [0.717, 1.165) is 61.5 Å². The van der Waals surface area contributed by atoms with Crippen LogP contribution in [0, 0.1) is 23.7 Å². The molecule has 0 radical (unpaired) electrons. The fourth-order valence-corrected chi connectivity index (χ4v) is 11.1. The van der Waals surface area contributed by atoms with Crippen molar-refractivity contribution in [3.63, 3.8) is 0 Å². The molecule has 2 aromatic heterocycles. The first-order valence-electron chi connectivity index (χ1n) is 24.3. The molecule has 69 heavy (non-hydrogen) atoms. The standard InChI is InChI=1S/C54H64N8O6S/c1-8-35-25-39-40(54(6,7)49-46(47(39)66)38-19-16-34(28-55)24-41(38)58-49)27-42(35)60-20-22-61(23-21-60)45(65)13-11-9-10-12-44(64)59-50(53(3,4)5)52(68)62-30-37(63)26-43(62)51(67)56-29-33-14-17-36(18-15-33)48-32(2)57-31-69-48/h14-19,24-25,27,31,37,43,50,58,63H,8-13,20-23,26,29-30H2,1-7H3,(H,56,67)(H,59,64)/t37-,43+,50-/m1/s1. The Balaban J connectivity index is 0.799. The molecule has 15 heteroatoms. The molecule has 2 saturated heterocycles. The van der Waals surface area contributed by atoms with Gasteiger partial charge in [0.1, 0.15) is 12.1 Å². The van der Waals surface area contributed by atoms with Gasteiger partial charge in [-0.2, -0.15) is 5.26 Å². The van der Waals surface area contributed by atoms with Crippen LogP contribution in [0.5, 0.6) is 0 Å². The molecule has 1 aliphatic carbocycles. The lowest BCUT2D eigenvalue weighted by molar-refractivity contribution is -0.144. The number of rotatable bonds is 14. The number of thiazole rings is 1. The Morgan fingerprint density at radius 3 is 2.39 bits per heavy atom. The maximum atomic E-state index is 14.1. The topological polar surface area (TPSA) is 192 Å². The number of aliphatic hydroxyl groups is 1. The number of aryl methyl sites for hydroxylation is 2. The van der Waals surface area contributed by atoms with Gasteiger partial charge in [-0.05, 0) is 78.1 Å². The highest BCUT2D eigenvalue weighted by Crippen LogP contribution is 2.46. The fourth-order valence-electron chi connectivity index (χ4n) is 10.3. The Morgan fingerprint density at radius 2 is 1.72 bits per heavy atom. The number of ketones is 1. The van der Waals surface area contributed by atoms with E-state index in [9.17, 15) is 34.3 Å². The van der Waals surface area contributed by atoms with Crippen LogP contribution >= 0.6 is 11.3 Å². The molecule has 14 nitrogen and oxygen atoms in total. The van der Waals surface area contributed by atoms with E-state index in [-0.39, 0.29) is 49.4 Å². The minimum atomic E-state index is -0.913. The summed E-state index contributed by atoms with van der Waals surface area (Å²) in [6.07, 6.45) is 2.41. The van der Waals surface area contributed by atoms with Crippen molar-refractivity contribution in [3.8, 4) is 16.5 Å². The molecule has 4 amide bonds. The van der Waals surface area contributed by atoms with Crippen molar-refractivity contribution in [3.05, 3.63) is 105 Å². The molecule has 4 heterocycles. The van der Waals surface area contributed by atoms with E-state index in [1.54, 1.807) is 23.5 Å². The quantitative estimate of drug-likeness (QED) is 0.0827. The molecule has 0 spiro atoms. The Kier molecular flexibility index (Phi) is 14.2. The van der Waals surface area contributed by atoms with E-state index in [0.29, 0.717) is 68.6 Å². The smallest absolute Gasteiger partial charge is 0.246 e. The Hall–Kier alpha value is -6.37. The molecule has 3 aliphatic rings. The minimum absolute atomic E-state index is 0.000325. The number of fused-ring (bicyclic) bond motifs is 4. The minimum Gasteiger partial charge on any atom is -0.391 e. The van der Waals surface area contributed by atoms with Crippen LogP contribution in [0.3, 0.4) is 0 Å². The monoisotopic (exact) mass is 952 g/mol. The summed E-state index contributed by atoms with van der Waals surface area (Å²) in [5, 5.41) is 26.8. The molecule has 8 rings (SSSR count). The average Bonchev–Trinajstić information content (AvgIpc) is 4.07. The third-order valence-electron chi connectivity index (χ3n) is 14.3. The van der Waals surface area contributed by atoms with E-state index < -0.39 is 34.9 Å². The second-order valence-corrected chi connectivity index (χ2v) is 21.3. The molecule has 4 N–H and O–H groups in total. The maximum Gasteiger partial charge on any atom is 0.246 e. The number of amides is 4. The molecule has 0 bridgehead atoms. The van der Waals surface area contributed by atoms with E-state index in [1.807, 2.05) is 68.4 Å². The summed E-state index contributed by atoms with van der Waals surface area (Å²) in [5.74, 6) is -0.961. The van der Waals surface area contributed by atoms with Gasteiger partial charge in [0.15, 0.2) is 5.78 Å². The summed E-state index contributed by atoms with van der Waals surface area (Å²) in [5.41, 5.74) is 10.3. The highest BCUT2D eigenvalue weighted by molar-refractivity contribution is 7.13. The van der Waals surface area contributed by atoms with Gasteiger partial charge in [-0.15, -0.1) is 11.3 Å². The van der Waals surface area contributed by atoms with Crippen molar-refractivity contribution in [1.29, 1.82) is 5.26 Å². The largest absolute Gasteiger partial charge is 0.391 e. The van der Waals surface area contributed by atoms with E-state index in [4.69, 9.17) is 0 Å². The number of carbonyl (C=O) groups excluding carboxylic acids is 5. The molecule has 3 aromatic carbocycles. The van der Waals surface area contributed by atoms with Crippen molar-refractivity contribution in [2.24, 2.45) is 5.41 Å². The Bertz CT molecular complexity index is 2820. The highest BCUT2D eigenvalue weighted by Gasteiger charge is 2.45. The van der Waals surface area contributed by atoms with Crippen molar-refractivity contribution in [1.82, 2.24) is 30.4 Å². The second-order valence-electron chi connectivity index (χ2n) is 20.5. The number of hydrogen-bond donors (Lipinski definition) is 4. The molecule has 0 saturated carbocycles. The lowest BCUT2D eigenvalue weighted by atomic mass is 9.70. The number of H-pyrrole nitrogens is 1. The van der Waals surface area contributed by atoms with Crippen LogP contribution in [0.15, 0.2) is 60.1 Å². The van der Waals surface area contributed by atoms with Gasteiger partial charge in [-0.3, -0.25) is 24.0 Å². The zero-order chi connectivity index (χ0) is 49.4. The predicted molar refractivity (Wildman–Crippen MR) is 268 cm³/mol. The first-order valence-corrected chi connectivity index (χ1v) is 25.1. The summed E-state index contributed by atoms with van der Waals surface area (Å²) in [4.78, 5) is 83.0. The number of aromatic amines is 1. The number of β-amino-alcohol motifs (C(OH)–C–C–N with tert-alkyl or cyclic N) is 1. The lowest BCUT2D eigenvalue weighted by Crippen LogP contribution is -2.57. The number of aromatic nitrogens is 2. The number of nitriles is 1. The normalized spacial score (nSPS) is 18.1. The first kappa shape index (κ1) is 49.1. The number of nitrogens with zero attached hydrogens (tertiary/aromatic N) is 5. The van der Waals surface area contributed by atoms with Gasteiger partial charge in [-0.25, -0.2) is 4.98 Å². The van der Waals surface area contributed by atoms with Crippen LogP contribution in [-0.2, 0) is 37.6 Å². The number of likely N-dealkylation sites (tertiary alicyclic amines) is 1. The Morgan fingerprint density at radius 1 is 1.00 bits per heavy atom. The zero-order valence-electron chi connectivity index (χ0n) is 40.8. The third-order valence-corrected chi connectivity index (χ3v) is 15.3. The number of piperazine rings is 1. The number of aliphatic hydroxyl groups excluding tert-OH is 1. The van der Waals surface area contributed by atoms with Crippen LogP contribution in [0.1, 0.15) is 130 Å². The van der Waals surface area contributed by atoms with Gasteiger partial charge in [-0.1, -0.05) is 78.3 Å². The zero-order valence-corrected chi connectivity index (χ0v) is 41.6. The summed E-state index contributed by atoms with van der Waals surface area (Å²) < 4.78 is 0. The number of anilines is 1. The van der Waals surface area contributed by atoms with Crippen molar-refractivity contribution in [2.75, 3.05) is 37.6 Å². The Labute approximate surface area is 408 Å². The van der Waals surface area contributed by atoms with Crippen LogP contribution in [0.25, 0.3) is 21.3 Å². The van der Waals surface area contributed by atoms with Crippen LogP contribution < -0.4 is 15.5 Å². The van der Waals surface area contributed by atoms with E-state index >= 15 is 0 Å². The van der Waals surface area contributed by atoms with Gasteiger partial charge in [0, 0.05) is 91.8 Å². The first-order chi connectivity index (χ1) is 32.9. The molecule has 2 aliphatic heterocycles. The molecular formula is C54H64N8O6S. The van der Waals surface area contributed by atoms with Crippen molar-refractivity contribution in [2.45, 2.75) is 124 Å². The molecule has 0 unspecified atom stereocenters. The SMILES string of the molecule is CCc1cc2c(cc1N1CCN(C(=O)CCCCCC(=O)N[C@H](C(=O)N3C[C@H](O)C[C@H]3C(=O)NCc3ccc(-c4scnc4C)cc3)C(C)(C)C)CC1)C(C)(C)c1[nH]c3cc(C#N)ccc3c1C2=O. The number of unbranched alkanes of at least 4 members (excludes halogenated alkanes) is 2. The lowest BCUT2D eigenvalue weighted by Gasteiger charge is -2.39. The molecular weight excluding hydrogens is 889 g/mol. The van der Waals surface area contributed by atoms with E-state index in [2.05, 4.69) is 64.5 Å². The third kappa shape index (κ3) is 10.1. The highest BCUT2D eigenvalue weighted by atomic mass is 32.1. The molecule has 362 valence electrons. The molecule has 3 atom stereocenters. The van der Waals surface area contributed by atoms with Crippen molar-refractivity contribution < 1.29 is 29.1 Å². The number of carbonyl (C=O) groups is 5. The number of benzene rings is 3. The summed E-state index contributed by atoms with van der Waals surface area (Å²) in [6, 6.07) is 18.0. The maximum absolute atomic E-state index is 14.1. The van der Waals surface area contributed by atoms with Gasteiger partial charge < -0.3 is 35.4 Å². The second kappa shape index (κ2) is 19.9. The molecule has 2 fully saturated rings. The van der Waals surface area contributed by atoms with Crippen LogP contribution in [0.2, 0.25) is 0 Å². The predicted octanol–water partition coefficient (Wildman–Crippen LogP) is 7.31. The molecule has 5 aromatic rings. The van der Waals surface area contributed by atoms with Gasteiger partial charge in [0.2, 0.25) is 23.6 Å². The summed E-state index contributed by atoms with van der Waals surface area (Å²) >= 11 is 1.58. The summed E-state index contributed by atoms with van der Waals surface area (Å²) in [6.45, 7) is 16.7.